The third-order valence-electron chi connectivity index (χ3n) is 7.12. The van der Waals surface area contributed by atoms with E-state index in [0.29, 0.717) is 21.2 Å². The van der Waals surface area contributed by atoms with Gasteiger partial charge in [0.15, 0.2) is 4.34 Å². The summed E-state index contributed by atoms with van der Waals surface area (Å²) in [6.07, 6.45) is 0. The second-order valence-electron chi connectivity index (χ2n) is 9.82. The van der Waals surface area contributed by atoms with E-state index in [1.807, 2.05) is 37.3 Å². The summed E-state index contributed by atoms with van der Waals surface area (Å²) >= 11 is 2.70. The van der Waals surface area contributed by atoms with E-state index in [0.717, 1.165) is 28.0 Å². The zero-order valence-electron chi connectivity index (χ0n) is 22.2. The monoisotopic (exact) mass is 581 g/mol. The van der Waals surface area contributed by atoms with Crippen LogP contribution in [0.15, 0.2) is 94.8 Å². The molecule has 1 amide bonds. The van der Waals surface area contributed by atoms with Gasteiger partial charge in [-0.2, -0.15) is 0 Å². The lowest BCUT2D eigenvalue weighted by atomic mass is 9.94. The summed E-state index contributed by atoms with van der Waals surface area (Å²) in [5, 5.41) is 22.4. The molecular weight excluding hydrogens is 558 g/mol. The molecule has 1 unspecified atom stereocenters. The van der Waals surface area contributed by atoms with Crippen LogP contribution in [0.4, 0.5) is 9.52 Å². The number of carbonyl (C=O) groups excluding carboxylic acids is 2. The van der Waals surface area contributed by atoms with Crippen molar-refractivity contribution >= 4 is 56.5 Å². The van der Waals surface area contributed by atoms with Crippen LogP contribution in [-0.2, 0) is 15.3 Å². The fourth-order valence-electron chi connectivity index (χ4n) is 4.91. The van der Waals surface area contributed by atoms with Crippen molar-refractivity contribution in [2.45, 2.75) is 30.0 Å². The topological polar surface area (TPSA) is 83.4 Å². The molecule has 1 saturated heterocycles. The Morgan fingerprint density at radius 2 is 1.73 bits per heavy atom. The molecule has 1 N–H and O–H groups in total. The molecule has 0 radical (unpaired) electrons. The molecule has 1 fully saturated rings. The Bertz CT molecular complexity index is 1840. The number of halogens is 1. The number of Topliss-reactive ketones (excluding diaryl/α,β-unsaturated/α-hetero) is 1. The van der Waals surface area contributed by atoms with Gasteiger partial charge in [0, 0.05) is 11.3 Å². The minimum atomic E-state index is -0.955. The Labute approximate surface area is 244 Å². The first kappa shape index (κ1) is 26.9. The van der Waals surface area contributed by atoms with Crippen molar-refractivity contribution in [2.75, 3.05) is 4.90 Å². The maximum atomic E-state index is 14.4. The van der Waals surface area contributed by atoms with Gasteiger partial charge in [0.25, 0.3) is 5.78 Å². The Balaban J connectivity index is 1.37. The summed E-state index contributed by atoms with van der Waals surface area (Å²) in [5.41, 5.74) is 3.15. The number of benzene rings is 4. The molecule has 1 aliphatic heterocycles. The van der Waals surface area contributed by atoms with Gasteiger partial charge < -0.3 is 5.11 Å². The van der Waals surface area contributed by atoms with E-state index in [9.17, 15) is 19.1 Å². The molecule has 1 aromatic heterocycles. The number of hydrogen-bond donors (Lipinski definition) is 1. The lowest BCUT2D eigenvalue weighted by molar-refractivity contribution is -0.132. The first-order valence-corrected chi connectivity index (χ1v) is 14.7. The van der Waals surface area contributed by atoms with Crippen molar-refractivity contribution in [3.63, 3.8) is 0 Å². The average molecular weight is 582 g/mol. The van der Waals surface area contributed by atoms with Crippen LogP contribution in [0.3, 0.4) is 0 Å². The highest BCUT2D eigenvalue weighted by molar-refractivity contribution is 8.00. The van der Waals surface area contributed by atoms with Gasteiger partial charge in [-0.05, 0) is 47.4 Å². The third kappa shape index (κ3) is 5.03. The lowest BCUT2D eigenvalue weighted by Gasteiger charge is -2.22. The number of ketones is 1. The van der Waals surface area contributed by atoms with Gasteiger partial charge in [-0.25, -0.2) is 4.39 Å². The molecule has 0 saturated carbocycles. The number of thioether (sulfide) groups is 1. The number of aryl methyl sites for hydroxylation is 2. The van der Waals surface area contributed by atoms with Crippen LogP contribution < -0.4 is 4.90 Å². The van der Waals surface area contributed by atoms with E-state index in [1.54, 1.807) is 19.1 Å². The molecule has 6 nitrogen and oxygen atoms in total. The zero-order chi connectivity index (χ0) is 28.7. The predicted molar refractivity (Wildman–Crippen MR) is 161 cm³/mol. The quantitative estimate of drug-likeness (QED) is 0.0741. The number of rotatable bonds is 6. The van der Waals surface area contributed by atoms with E-state index >= 15 is 0 Å². The van der Waals surface area contributed by atoms with E-state index < -0.39 is 29.3 Å². The number of amides is 1. The number of nitrogens with zero attached hydrogens (tertiary/aromatic N) is 3. The normalized spacial score (nSPS) is 16.6. The van der Waals surface area contributed by atoms with Crippen LogP contribution >= 0.6 is 23.1 Å². The SMILES string of the molecule is Cc1ccc(C2/C(=C(/O)c3ccc(C)c(F)c3)C(=O)C(=O)N2c2nnc(SCc3cccc4ccccc34)s2)cc1. The van der Waals surface area contributed by atoms with Crippen LogP contribution in [-0.4, -0.2) is 27.0 Å². The van der Waals surface area contributed by atoms with Gasteiger partial charge in [-0.15, -0.1) is 10.2 Å². The van der Waals surface area contributed by atoms with Gasteiger partial charge in [-0.1, -0.05) is 108 Å². The molecular formula is C32H24FN3O3S2. The van der Waals surface area contributed by atoms with Crippen molar-refractivity contribution < 1.29 is 19.1 Å². The van der Waals surface area contributed by atoms with Crippen molar-refractivity contribution in [1.29, 1.82) is 0 Å². The molecule has 0 bridgehead atoms. The Morgan fingerprint density at radius 3 is 2.51 bits per heavy atom. The highest BCUT2D eigenvalue weighted by Gasteiger charge is 2.48. The second kappa shape index (κ2) is 10.9. The Hall–Kier alpha value is -4.34. The minimum Gasteiger partial charge on any atom is -0.507 e. The van der Waals surface area contributed by atoms with Crippen molar-refractivity contribution in [1.82, 2.24) is 10.2 Å². The molecule has 6 rings (SSSR count). The first-order chi connectivity index (χ1) is 19.8. The van der Waals surface area contributed by atoms with Gasteiger partial charge in [0.2, 0.25) is 5.13 Å². The molecule has 1 aliphatic rings. The summed E-state index contributed by atoms with van der Waals surface area (Å²) in [4.78, 5) is 28.1. The number of aliphatic hydroxyl groups excluding tert-OH is 1. The lowest BCUT2D eigenvalue weighted by Crippen LogP contribution is -2.29. The number of anilines is 1. The fraction of sp³-hybridized carbons (Fsp3) is 0.125. The smallest absolute Gasteiger partial charge is 0.301 e. The number of hydrogen-bond acceptors (Lipinski definition) is 7. The van der Waals surface area contributed by atoms with Crippen LogP contribution in [0.5, 0.6) is 0 Å². The predicted octanol–water partition coefficient (Wildman–Crippen LogP) is 7.37. The van der Waals surface area contributed by atoms with Crippen LogP contribution in [0, 0.1) is 19.7 Å². The van der Waals surface area contributed by atoms with Crippen LogP contribution in [0.25, 0.3) is 16.5 Å². The largest absolute Gasteiger partial charge is 0.507 e. The summed E-state index contributed by atoms with van der Waals surface area (Å²) in [7, 11) is 0. The molecule has 9 heteroatoms. The van der Waals surface area contributed by atoms with Crippen molar-refractivity contribution in [3.8, 4) is 0 Å². The van der Waals surface area contributed by atoms with E-state index in [2.05, 4.69) is 34.5 Å². The van der Waals surface area contributed by atoms with Gasteiger partial charge in [-0.3, -0.25) is 14.5 Å². The first-order valence-electron chi connectivity index (χ1n) is 12.9. The van der Waals surface area contributed by atoms with Crippen LogP contribution in [0.2, 0.25) is 0 Å². The molecule has 0 aliphatic carbocycles. The maximum Gasteiger partial charge on any atom is 0.301 e. The number of fused-ring (bicyclic) bond motifs is 1. The highest BCUT2D eigenvalue weighted by Crippen LogP contribution is 2.44. The van der Waals surface area contributed by atoms with Gasteiger partial charge in [0.05, 0.1) is 11.6 Å². The zero-order valence-corrected chi connectivity index (χ0v) is 23.8. The number of carbonyl (C=O) groups is 2. The molecule has 4 aromatic carbocycles. The Kier molecular flexibility index (Phi) is 7.15. The van der Waals surface area contributed by atoms with Gasteiger partial charge >= 0.3 is 5.91 Å². The summed E-state index contributed by atoms with van der Waals surface area (Å²) in [6, 6.07) is 24.9. The third-order valence-corrected chi connectivity index (χ3v) is 9.22. The molecule has 0 spiro atoms. The average Bonchev–Trinajstić information content (AvgIpc) is 3.55. The van der Waals surface area contributed by atoms with E-state index in [4.69, 9.17) is 0 Å². The summed E-state index contributed by atoms with van der Waals surface area (Å²) in [6.45, 7) is 3.54. The molecule has 41 heavy (non-hydrogen) atoms. The molecule has 204 valence electrons. The molecule has 2 heterocycles. The Morgan fingerprint density at radius 1 is 0.976 bits per heavy atom. The van der Waals surface area contributed by atoms with Gasteiger partial charge in [0.1, 0.15) is 11.6 Å². The summed E-state index contributed by atoms with van der Waals surface area (Å²) in [5.74, 6) is -2.01. The van der Waals surface area contributed by atoms with Crippen molar-refractivity contribution in [3.05, 3.63) is 124 Å². The molecule has 1 atom stereocenters. The molecule has 5 aromatic rings. The number of aromatic nitrogens is 2. The second-order valence-corrected chi connectivity index (χ2v) is 12.0. The fourth-order valence-corrected chi connectivity index (χ4v) is 6.78. The van der Waals surface area contributed by atoms with Crippen LogP contribution in [0.1, 0.15) is 33.9 Å². The minimum absolute atomic E-state index is 0.117. The van der Waals surface area contributed by atoms with E-state index in [1.165, 1.54) is 40.1 Å². The summed E-state index contributed by atoms with van der Waals surface area (Å²) < 4.78 is 15.0. The van der Waals surface area contributed by atoms with Crippen molar-refractivity contribution in [2.24, 2.45) is 0 Å². The maximum absolute atomic E-state index is 14.4. The van der Waals surface area contributed by atoms with E-state index in [-0.39, 0.29) is 16.3 Å². The standard InChI is InChI=1S/C32H24FN3O3S2/c1-18-10-13-21(14-11-18)27-26(28(37)22-15-12-19(2)25(33)16-22)29(38)30(39)36(27)31-34-35-32(41-31)40-17-23-8-5-7-20-6-3-4-9-24(20)23/h3-16,27,37H,17H2,1-2H3/b28-26-. The highest BCUT2D eigenvalue weighted by atomic mass is 32.2. The number of aliphatic hydroxyl groups is 1.